The van der Waals surface area contributed by atoms with E-state index in [0.29, 0.717) is 0 Å². The average Bonchev–Trinajstić information content (AvgIpc) is 3.25. The van der Waals surface area contributed by atoms with E-state index in [1.807, 2.05) is 54.6 Å². The summed E-state index contributed by atoms with van der Waals surface area (Å²) in [4.78, 5) is 15.4. The average molecular weight is 384 g/mol. The first-order valence-corrected chi connectivity index (χ1v) is 9.26. The Balaban J connectivity index is 1.70. The number of pyridine rings is 1. The van der Waals surface area contributed by atoms with Crippen LogP contribution in [0.1, 0.15) is 17.2 Å². The molecule has 4 rings (SSSR count). The molecule has 1 unspecified atom stereocenters. The van der Waals surface area contributed by atoms with E-state index in [0.717, 1.165) is 33.5 Å². The van der Waals surface area contributed by atoms with Crippen molar-refractivity contribution in [3.63, 3.8) is 0 Å². The molecular formula is C23H20N4O2. The molecule has 6 heteroatoms. The van der Waals surface area contributed by atoms with Crippen LogP contribution >= 0.6 is 0 Å². The molecule has 0 aliphatic carbocycles. The van der Waals surface area contributed by atoms with Crippen molar-refractivity contribution in [3.8, 4) is 22.4 Å². The number of nitrogens with one attached hydrogen (secondary N) is 2. The largest absolute Gasteiger partial charge is 0.480 e. The van der Waals surface area contributed by atoms with Crippen LogP contribution in [0, 0.1) is 0 Å². The zero-order chi connectivity index (χ0) is 20.1. The second-order valence-electron chi connectivity index (χ2n) is 6.64. The molecule has 2 aromatic carbocycles. The Hall–Kier alpha value is -3.77. The normalized spacial score (nSPS) is 11.9. The van der Waals surface area contributed by atoms with Crippen molar-refractivity contribution in [2.75, 3.05) is 6.54 Å². The van der Waals surface area contributed by atoms with Gasteiger partial charge < -0.3 is 5.11 Å². The van der Waals surface area contributed by atoms with Gasteiger partial charge >= 0.3 is 5.97 Å². The molecular weight excluding hydrogens is 364 g/mol. The number of rotatable bonds is 7. The van der Waals surface area contributed by atoms with E-state index in [1.165, 1.54) is 0 Å². The highest BCUT2D eigenvalue weighted by molar-refractivity contribution is 5.70. The molecule has 2 aromatic heterocycles. The Morgan fingerprint density at radius 3 is 2.34 bits per heavy atom. The lowest BCUT2D eigenvalue weighted by Gasteiger charge is -2.19. The second-order valence-corrected chi connectivity index (χ2v) is 6.64. The number of aliphatic carboxylic acids is 1. The van der Waals surface area contributed by atoms with Gasteiger partial charge in [0.1, 0.15) is 0 Å². The summed E-state index contributed by atoms with van der Waals surface area (Å²) in [5.74, 6) is -0.915. The number of aromatic nitrogens is 3. The fraction of sp³-hybridized carbons (Fsp3) is 0.0870. The van der Waals surface area contributed by atoms with Gasteiger partial charge in [0.2, 0.25) is 0 Å². The fourth-order valence-electron chi connectivity index (χ4n) is 3.35. The fourth-order valence-corrected chi connectivity index (χ4v) is 3.35. The zero-order valence-corrected chi connectivity index (χ0v) is 15.6. The first kappa shape index (κ1) is 18.6. The van der Waals surface area contributed by atoms with Crippen LogP contribution in [-0.4, -0.2) is 32.8 Å². The first-order valence-electron chi connectivity index (χ1n) is 9.26. The number of carboxylic acids is 1. The Labute approximate surface area is 168 Å². The van der Waals surface area contributed by atoms with Crippen molar-refractivity contribution in [1.82, 2.24) is 20.5 Å². The summed E-state index contributed by atoms with van der Waals surface area (Å²) in [5.41, 5.74) is 5.76. The van der Waals surface area contributed by atoms with Gasteiger partial charge in [-0.3, -0.25) is 20.2 Å². The number of aromatic amines is 1. The summed E-state index contributed by atoms with van der Waals surface area (Å²) < 4.78 is 0. The number of hydrogen-bond donors (Lipinski definition) is 3. The molecule has 0 fully saturated rings. The molecule has 144 valence electrons. The Morgan fingerprint density at radius 1 is 0.931 bits per heavy atom. The van der Waals surface area contributed by atoms with E-state index >= 15 is 0 Å². The highest BCUT2D eigenvalue weighted by Gasteiger charge is 2.21. The standard InChI is InChI=1S/C23H20N4O2/c28-21(29)15-25-22(20-14-26-27-23(20)19-7-4-12-24-13-19)18-10-8-17(9-11-18)16-5-2-1-3-6-16/h1-14,22,25H,15H2,(H,26,27)(H,28,29). The van der Waals surface area contributed by atoms with E-state index in [-0.39, 0.29) is 12.6 Å². The quantitative estimate of drug-likeness (QED) is 0.449. The molecule has 29 heavy (non-hydrogen) atoms. The third kappa shape index (κ3) is 4.23. The number of carbonyl (C=O) groups is 1. The van der Waals surface area contributed by atoms with Crippen LogP contribution in [0.5, 0.6) is 0 Å². The van der Waals surface area contributed by atoms with Gasteiger partial charge in [-0.05, 0) is 28.8 Å². The van der Waals surface area contributed by atoms with Crippen LogP contribution in [0.15, 0.2) is 85.3 Å². The molecule has 2 heterocycles. The summed E-state index contributed by atoms with van der Waals surface area (Å²) in [6.45, 7) is -0.164. The van der Waals surface area contributed by atoms with Crippen LogP contribution in [0.2, 0.25) is 0 Å². The minimum absolute atomic E-state index is 0.164. The van der Waals surface area contributed by atoms with Crippen molar-refractivity contribution in [2.24, 2.45) is 0 Å². The van der Waals surface area contributed by atoms with Crippen molar-refractivity contribution in [2.45, 2.75) is 6.04 Å². The SMILES string of the molecule is O=C(O)CNC(c1ccc(-c2ccccc2)cc1)c1cn[nH]c1-c1cccnc1. The maximum absolute atomic E-state index is 11.2. The summed E-state index contributed by atoms with van der Waals surface area (Å²) in [5, 5.41) is 19.5. The molecule has 1 atom stereocenters. The lowest BCUT2D eigenvalue weighted by atomic mass is 9.95. The molecule has 3 N–H and O–H groups in total. The lowest BCUT2D eigenvalue weighted by Crippen LogP contribution is -2.28. The number of H-pyrrole nitrogens is 1. The van der Waals surface area contributed by atoms with Crippen molar-refractivity contribution in [1.29, 1.82) is 0 Å². The van der Waals surface area contributed by atoms with Gasteiger partial charge in [-0.25, -0.2) is 0 Å². The highest BCUT2D eigenvalue weighted by atomic mass is 16.4. The second kappa shape index (κ2) is 8.50. The monoisotopic (exact) mass is 384 g/mol. The maximum atomic E-state index is 11.2. The molecule has 0 spiro atoms. The third-order valence-electron chi connectivity index (χ3n) is 4.74. The molecule has 0 aliphatic rings. The van der Waals surface area contributed by atoms with Gasteiger partial charge in [-0.2, -0.15) is 5.10 Å². The minimum Gasteiger partial charge on any atom is -0.480 e. The number of carboxylic acid groups (broad SMARTS) is 1. The zero-order valence-electron chi connectivity index (χ0n) is 15.6. The predicted octanol–water partition coefficient (Wildman–Crippen LogP) is 3.90. The molecule has 0 saturated heterocycles. The lowest BCUT2D eigenvalue weighted by molar-refractivity contribution is -0.136. The number of nitrogens with zero attached hydrogens (tertiary/aromatic N) is 2. The van der Waals surface area contributed by atoms with Crippen molar-refractivity contribution in [3.05, 3.63) is 96.4 Å². The van der Waals surface area contributed by atoms with Crippen LogP contribution in [-0.2, 0) is 4.79 Å². The Bertz CT molecular complexity index is 1080. The van der Waals surface area contributed by atoms with Gasteiger partial charge in [0.25, 0.3) is 0 Å². The Morgan fingerprint density at radius 2 is 1.66 bits per heavy atom. The summed E-state index contributed by atoms with van der Waals surface area (Å²) in [6, 6.07) is 21.7. The minimum atomic E-state index is -0.915. The van der Waals surface area contributed by atoms with Crippen LogP contribution in [0.3, 0.4) is 0 Å². The summed E-state index contributed by atoms with van der Waals surface area (Å²) in [7, 11) is 0. The molecule has 0 saturated carbocycles. The smallest absolute Gasteiger partial charge is 0.317 e. The molecule has 4 aromatic rings. The van der Waals surface area contributed by atoms with E-state index in [2.05, 4.69) is 32.6 Å². The van der Waals surface area contributed by atoms with Crippen molar-refractivity contribution >= 4 is 5.97 Å². The maximum Gasteiger partial charge on any atom is 0.317 e. The van der Waals surface area contributed by atoms with Gasteiger partial charge in [-0.1, -0.05) is 54.6 Å². The van der Waals surface area contributed by atoms with Crippen molar-refractivity contribution < 1.29 is 9.90 Å². The van der Waals surface area contributed by atoms with E-state index in [4.69, 9.17) is 0 Å². The Kier molecular flexibility index (Phi) is 5.45. The summed E-state index contributed by atoms with van der Waals surface area (Å²) in [6.07, 6.45) is 5.19. The highest BCUT2D eigenvalue weighted by Crippen LogP contribution is 2.31. The van der Waals surface area contributed by atoms with E-state index in [9.17, 15) is 9.90 Å². The number of hydrogen-bond acceptors (Lipinski definition) is 4. The van der Waals surface area contributed by atoms with Crippen LogP contribution in [0.25, 0.3) is 22.4 Å². The molecule has 6 nitrogen and oxygen atoms in total. The molecule has 0 amide bonds. The van der Waals surface area contributed by atoms with E-state index in [1.54, 1.807) is 18.6 Å². The van der Waals surface area contributed by atoms with Gasteiger partial charge in [-0.15, -0.1) is 0 Å². The topological polar surface area (TPSA) is 90.9 Å². The third-order valence-corrected chi connectivity index (χ3v) is 4.74. The number of benzene rings is 2. The van der Waals surface area contributed by atoms with Gasteiger partial charge in [0.15, 0.2) is 0 Å². The molecule has 0 aliphatic heterocycles. The van der Waals surface area contributed by atoms with Gasteiger partial charge in [0, 0.05) is 23.5 Å². The van der Waals surface area contributed by atoms with Crippen LogP contribution in [0.4, 0.5) is 0 Å². The first-order chi connectivity index (χ1) is 14.2. The molecule has 0 bridgehead atoms. The van der Waals surface area contributed by atoms with Crippen LogP contribution < -0.4 is 5.32 Å². The van der Waals surface area contributed by atoms with E-state index < -0.39 is 5.97 Å². The summed E-state index contributed by atoms with van der Waals surface area (Å²) >= 11 is 0. The predicted molar refractivity (Wildman–Crippen MR) is 111 cm³/mol. The van der Waals surface area contributed by atoms with Gasteiger partial charge in [0.05, 0.1) is 24.5 Å². The molecule has 0 radical (unpaired) electrons.